The molecule has 0 aliphatic heterocycles. The average molecular weight is 244 g/mol. The van der Waals surface area contributed by atoms with Crippen molar-refractivity contribution in [1.82, 2.24) is 0 Å². The zero-order valence-electron chi connectivity index (χ0n) is 8.34. The van der Waals surface area contributed by atoms with Gasteiger partial charge in [0.2, 0.25) is 0 Å². The third-order valence-electron chi connectivity index (χ3n) is 2.41. The minimum absolute atomic E-state index is 0.785. The molecule has 0 saturated heterocycles. The molecule has 0 fully saturated rings. The molecule has 0 saturated carbocycles. The number of benzene rings is 1. The van der Waals surface area contributed by atoms with E-state index < -0.39 is 0 Å². The first-order valence-corrected chi connectivity index (χ1v) is 6.54. The highest BCUT2D eigenvalue weighted by Crippen LogP contribution is 2.36. The van der Waals surface area contributed by atoms with Crippen molar-refractivity contribution in [3.05, 3.63) is 47.3 Å². The first-order chi connectivity index (χ1) is 7.86. The highest BCUT2D eigenvalue weighted by Gasteiger charge is 2.06. The molecule has 3 aromatic rings. The van der Waals surface area contributed by atoms with Crippen LogP contribution in [0.1, 0.15) is 9.67 Å². The second-order valence-electron chi connectivity index (χ2n) is 3.47. The van der Waals surface area contributed by atoms with Crippen LogP contribution in [0, 0.1) is 0 Å². The first kappa shape index (κ1) is 9.75. The minimum Gasteiger partial charge on any atom is -0.297 e. The van der Waals surface area contributed by atoms with Gasteiger partial charge >= 0.3 is 0 Å². The predicted molar refractivity (Wildman–Crippen MR) is 70.5 cm³/mol. The van der Waals surface area contributed by atoms with Crippen LogP contribution >= 0.6 is 22.7 Å². The summed E-state index contributed by atoms with van der Waals surface area (Å²) >= 11 is 3.31. The summed E-state index contributed by atoms with van der Waals surface area (Å²) in [6.45, 7) is 0. The largest absolute Gasteiger partial charge is 0.297 e. The molecule has 2 aromatic heterocycles. The number of carbonyl (C=O) groups is 1. The van der Waals surface area contributed by atoms with Gasteiger partial charge in [-0.3, -0.25) is 4.79 Å². The number of hydrogen-bond acceptors (Lipinski definition) is 3. The maximum atomic E-state index is 10.6. The van der Waals surface area contributed by atoms with Crippen molar-refractivity contribution in [1.29, 1.82) is 0 Å². The van der Waals surface area contributed by atoms with Gasteiger partial charge < -0.3 is 0 Å². The van der Waals surface area contributed by atoms with Crippen LogP contribution in [0.5, 0.6) is 0 Å². The van der Waals surface area contributed by atoms with Crippen LogP contribution in [-0.2, 0) is 0 Å². The van der Waals surface area contributed by atoms with Crippen LogP contribution in [0.15, 0.2) is 42.5 Å². The van der Waals surface area contributed by atoms with Gasteiger partial charge in [-0.25, -0.2) is 0 Å². The van der Waals surface area contributed by atoms with E-state index in [0.717, 1.165) is 11.2 Å². The van der Waals surface area contributed by atoms with Crippen LogP contribution in [0.4, 0.5) is 0 Å². The summed E-state index contributed by atoms with van der Waals surface area (Å²) in [5.74, 6) is 0. The molecule has 1 nitrogen and oxygen atoms in total. The van der Waals surface area contributed by atoms with Gasteiger partial charge in [-0.2, -0.15) is 0 Å². The van der Waals surface area contributed by atoms with E-state index in [1.54, 1.807) is 22.7 Å². The second-order valence-corrected chi connectivity index (χ2v) is 5.67. The number of carbonyl (C=O) groups excluding carboxylic acids is 1. The van der Waals surface area contributed by atoms with Gasteiger partial charge in [-0.05, 0) is 29.7 Å². The Bertz CT molecular complexity index is 616. The Balaban J connectivity index is 2.14. The first-order valence-electron chi connectivity index (χ1n) is 4.91. The lowest BCUT2D eigenvalue weighted by Gasteiger charge is -1.86. The lowest BCUT2D eigenvalue weighted by molar-refractivity contribution is 0.112. The van der Waals surface area contributed by atoms with Crippen molar-refractivity contribution in [2.24, 2.45) is 0 Å². The molecule has 3 heteroatoms. The van der Waals surface area contributed by atoms with Crippen molar-refractivity contribution in [3.63, 3.8) is 0 Å². The molecule has 16 heavy (non-hydrogen) atoms. The standard InChI is InChI=1S/C13H8OS2/c14-8-10-5-6-12(15-10)13-7-9-3-1-2-4-11(9)16-13/h1-8H. The molecule has 0 amide bonds. The number of fused-ring (bicyclic) bond motifs is 1. The topological polar surface area (TPSA) is 17.1 Å². The van der Waals surface area contributed by atoms with E-state index in [2.05, 4.69) is 18.2 Å². The van der Waals surface area contributed by atoms with Crippen LogP contribution in [0.2, 0.25) is 0 Å². The van der Waals surface area contributed by atoms with Crippen LogP contribution < -0.4 is 0 Å². The Morgan fingerprint density at radius 1 is 0.938 bits per heavy atom. The quantitative estimate of drug-likeness (QED) is 0.609. The lowest BCUT2D eigenvalue weighted by Crippen LogP contribution is -1.62. The molecule has 78 valence electrons. The molecule has 1 aromatic carbocycles. The summed E-state index contributed by atoms with van der Waals surface area (Å²) < 4.78 is 1.29. The monoisotopic (exact) mass is 244 g/mol. The molecule has 2 heterocycles. The van der Waals surface area contributed by atoms with E-state index >= 15 is 0 Å². The Morgan fingerprint density at radius 2 is 1.81 bits per heavy atom. The van der Waals surface area contributed by atoms with E-state index in [1.165, 1.54) is 19.8 Å². The van der Waals surface area contributed by atoms with Crippen molar-refractivity contribution in [2.75, 3.05) is 0 Å². The zero-order chi connectivity index (χ0) is 11.0. The van der Waals surface area contributed by atoms with Crippen molar-refractivity contribution in [2.45, 2.75) is 0 Å². The summed E-state index contributed by atoms with van der Waals surface area (Å²) in [5, 5.41) is 1.27. The summed E-state index contributed by atoms with van der Waals surface area (Å²) in [4.78, 5) is 13.8. The SMILES string of the molecule is O=Cc1ccc(-c2cc3ccccc3s2)s1. The lowest BCUT2D eigenvalue weighted by atomic mass is 10.2. The highest BCUT2D eigenvalue weighted by atomic mass is 32.1. The Kier molecular flexibility index (Phi) is 2.35. The van der Waals surface area contributed by atoms with Crippen molar-refractivity contribution >= 4 is 39.0 Å². The van der Waals surface area contributed by atoms with Gasteiger partial charge in [-0.15, -0.1) is 22.7 Å². The molecule has 0 atom stereocenters. The van der Waals surface area contributed by atoms with E-state index in [4.69, 9.17) is 0 Å². The second kappa shape index (κ2) is 3.85. The van der Waals surface area contributed by atoms with Gasteiger partial charge in [0.15, 0.2) is 6.29 Å². The van der Waals surface area contributed by atoms with Gasteiger partial charge in [0.05, 0.1) is 4.88 Å². The number of hydrogen-bond donors (Lipinski definition) is 0. The fourth-order valence-electron chi connectivity index (χ4n) is 1.65. The van der Waals surface area contributed by atoms with Crippen molar-refractivity contribution < 1.29 is 4.79 Å². The molecule has 0 aliphatic rings. The smallest absolute Gasteiger partial charge is 0.160 e. The minimum atomic E-state index is 0.785. The van der Waals surface area contributed by atoms with E-state index in [0.29, 0.717) is 0 Å². The molecule has 0 aliphatic carbocycles. The van der Waals surface area contributed by atoms with Gasteiger partial charge in [0, 0.05) is 14.5 Å². The van der Waals surface area contributed by atoms with Crippen LogP contribution in [0.3, 0.4) is 0 Å². The normalized spacial score (nSPS) is 10.8. The number of rotatable bonds is 2. The van der Waals surface area contributed by atoms with Gasteiger partial charge in [0.25, 0.3) is 0 Å². The number of aldehydes is 1. The Labute approximate surface area is 101 Å². The molecule has 0 N–H and O–H groups in total. The highest BCUT2D eigenvalue weighted by molar-refractivity contribution is 7.26. The third-order valence-corrected chi connectivity index (χ3v) is 4.73. The Hall–Kier alpha value is -1.45. The maximum absolute atomic E-state index is 10.6. The molecule has 3 rings (SSSR count). The number of thiophene rings is 2. The van der Waals surface area contributed by atoms with E-state index in [-0.39, 0.29) is 0 Å². The molecule has 0 spiro atoms. The summed E-state index contributed by atoms with van der Waals surface area (Å²) in [7, 11) is 0. The van der Waals surface area contributed by atoms with E-state index in [9.17, 15) is 4.79 Å². The van der Waals surface area contributed by atoms with Crippen molar-refractivity contribution in [3.8, 4) is 9.75 Å². The maximum Gasteiger partial charge on any atom is 0.160 e. The molecule has 0 unspecified atom stereocenters. The summed E-state index contributed by atoms with van der Waals surface area (Å²) in [6.07, 6.45) is 0.904. The van der Waals surface area contributed by atoms with Gasteiger partial charge in [0.1, 0.15) is 0 Å². The summed E-state index contributed by atoms with van der Waals surface area (Å²) in [5.41, 5.74) is 0. The molecular weight excluding hydrogens is 236 g/mol. The van der Waals surface area contributed by atoms with E-state index in [1.807, 2.05) is 24.3 Å². The Morgan fingerprint density at radius 3 is 2.56 bits per heavy atom. The molecule has 0 radical (unpaired) electrons. The zero-order valence-corrected chi connectivity index (χ0v) is 9.98. The fraction of sp³-hybridized carbons (Fsp3) is 0. The average Bonchev–Trinajstić information content (AvgIpc) is 2.95. The molecule has 0 bridgehead atoms. The summed E-state index contributed by atoms with van der Waals surface area (Å²) in [6, 6.07) is 14.4. The third kappa shape index (κ3) is 1.58. The van der Waals surface area contributed by atoms with Gasteiger partial charge in [-0.1, -0.05) is 18.2 Å². The van der Waals surface area contributed by atoms with Crippen LogP contribution in [-0.4, -0.2) is 6.29 Å². The molecular formula is C13H8OS2. The fourth-order valence-corrected chi connectivity index (χ4v) is 3.62. The predicted octanol–water partition coefficient (Wildman–Crippen LogP) is 4.44. The van der Waals surface area contributed by atoms with Crippen LogP contribution in [0.25, 0.3) is 19.8 Å².